The van der Waals surface area contributed by atoms with E-state index in [-0.39, 0.29) is 11.7 Å². The van der Waals surface area contributed by atoms with E-state index in [1.54, 1.807) is 12.1 Å². The summed E-state index contributed by atoms with van der Waals surface area (Å²) in [5.74, 6) is 0. The molecule has 0 radical (unpaired) electrons. The standard InChI is InChI=1S/C13H12Cl2N2O2S/c1-7-3-4-10(11(5-7)17(18)19)16-8(2)9-6-12(14)20-13(9)15/h3-6,8,16H,1-2H3. The molecule has 0 amide bonds. The van der Waals surface area contributed by atoms with Crippen molar-refractivity contribution in [3.8, 4) is 0 Å². The Morgan fingerprint density at radius 3 is 2.60 bits per heavy atom. The quantitative estimate of drug-likeness (QED) is 0.599. The normalized spacial score (nSPS) is 12.2. The summed E-state index contributed by atoms with van der Waals surface area (Å²) in [4.78, 5) is 10.7. The summed E-state index contributed by atoms with van der Waals surface area (Å²) in [5.41, 5.74) is 2.18. The zero-order valence-corrected chi connectivity index (χ0v) is 13.1. The first-order chi connectivity index (χ1) is 9.38. The third-order valence-electron chi connectivity index (χ3n) is 2.87. The van der Waals surface area contributed by atoms with Gasteiger partial charge in [0.15, 0.2) is 0 Å². The molecule has 0 spiro atoms. The highest BCUT2D eigenvalue weighted by Gasteiger charge is 2.18. The molecule has 0 aliphatic heterocycles. The summed E-state index contributed by atoms with van der Waals surface area (Å²) in [7, 11) is 0. The molecular formula is C13H12Cl2N2O2S. The summed E-state index contributed by atoms with van der Waals surface area (Å²) >= 11 is 13.3. The van der Waals surface area contributed by atoms with Gasteiger partial charge in [-0.05, 0) is 31.5 Å². The van der Waals surface area contributed by atoms with Gasteiger partial charge in [0.25, 0.3) is 5.69 Å². The fourth-order valence-electron chi connectivity index (χ4n) is 1.87. The number of hydrogen-bond donors (Lipinski definition) is 1. The Labute approximate surface area is 130 Å². The number of halogens is 2. The molecule has 4 nitrogen and oxygen atoms in total. The summed E-state index contributed by atoms with van der Waals surface area (Å²) < 4.78 is 1.18. The summed E-state index contributed by atoms with van der Waals surface area (Å²) in [6.45, 7) is 3.70. The lowest BCUT2D eigenvalue weighted by Gasteiger charge is -2.15. The van der Waals surface area contributed by atoms with Crippen LogP contribution in [0.25, 0.3) is 0 Å². The van der Waals surface area contributed by atoms with Gasteiger partial charge in [-0.2, -0.15) is 0 Å². The Morgan fingerprint density at radius 1 is 1.35 bits per heavy atom. The van der Waals surface area contributed by atoms with Crippen molar-refractivity contribution in [2.24, 2.45) is 0 Å². The smallest absolute Gasteiger partial charge is 0.292 e. The molecule has 0 bridgehead atoms. The highest BCUT2D eigenvalue weighted by Crippen LogP contribution is 2.37. The average molecular weight is 331 g/mol. The number of nitro benzene ring substituents is 1. The van der Waals surface area contributed by atoms with E-state index in [1.165, 1.54) is 17.4 Å². The third-order valence-corrected chi connectivity index (χ3v) is 4.39. The highest BCUT2D eigenvalue weighted by molar-refractivity contribution is 7.20. The maximum absolute atomic E-state index is 11.1. The van der Waals surface area contributed by atoms with Gasteiger partial charge in [-0.3, -0.25) is 10.1 Å². The number of benzene rings is 1. The van der Waals surface area contributed by atoms with Gasteiger partial charge < -0.3 is 5.32 Å². The summed E-state index contributed by atoms with van der Waals surface area (Å²) in [6, 6.07) is 6.66. The molecule has 20 heavy (non-hydrogen) atoms. The Morgan fingerprint density at radius 2 is 2.05 bits per heavy atom. The molecule has 0 saturated heterocycles. The first kappa shape index (κ1) is 15.1. The Bertz CT molecular complexity index is 658. The number of hydrogen-bond acceptors (Lipinski definition) is 4. The van der Waals surface area contributed by atoms with E-state index < -0.39 is 4.92 Å². The molecule has 0 aliphatic carbocycles. The number of nitrogens with zero attached hydrogens (tertiary/aromatic N) is 1. The van der Waals surface area contributed by atoms with Gasteiger partial charge in [0, 0.05) is 11.6 Å². The van der Waals surface area contributed by atoms with Crippen LogP contribution in [0.5, 0.6) is 0 Å². The van der Waals surface area contributed by atoms with Crippen LogP contribution in [0.2, 0.25) is 8.67 Å². The highest BCUT2D eigenvalue weighted by atomic mass is 35.5. The van der Waals surface area contributed by atoms with Crippen molar-refractivity contribution in [2.45, 2.75) is 19.9 Å². The summed E-state index contributed by atoms with van der Waals surface area (Å²) in [5, 5.41) is 14.2. The van der Waals surface area contributed by atoms with Gasteiger partial charge in [-0.25, -0.2) is 0 Å². The Kier molecular flexibility index (Phi) is 4.52. The van der Waals surface area contributed by atoms with Crippen LogP contribution in [0.15, 0.2) is 24.3 Å². The zero-order valence-electron chi connectivity index (χ0n) is 10.8. The molecule has 1 heterocycles. The van der Waals surface area contributed by atoms with Crippen molar-refractivity contribution >= 4 is 45.9 Å². The minimum atomic E-state index is -0.399. The second-order valence-corrected chi connectivity index (χ2v) is 6.71. The zero-order chi connectivity index (χ0) is 14.9. The molecule has 0 aliphatic rings. The second-order valence-electron chi connectivity index (χ2n) is 4.42. The largest absolute Gasteiger partial charge is 0.373 e. The Hall–Kier alpha value is -1.30. The van der Waals surface area contributed by atoms with Gasteiger partial charge in [-0.1, -0.05) is 29.3 Å². The van der Waals surface area contributed by atoms with Crippen LogP contribution in [0.1, 0.15) is 24.1 Å². The molecule has 0 fully saturated rings. The molecular weight excluding hydrogens is 319 g/mol. The first-order valence-corrected chi connectivity index (χ1v) is 7.42. The fourth-order valence-corrected chi connectivity index (χ4v) is 3.52. The molecule has 106 valence electrons. The molecule has 1 aromatic carbocycles. The molecule has 1 N–H and O–H groups in total. The predicted molar refractivity (Wildman–Crippen MR) is 84.2 cm³/mol. The number of anilines is 1. The van der Waals surface area contributed by atoms with Gasteiger partial charge in [-0.15, -0.1) is 11.3 Å². The van der Waals surface area contributed by atoms with Crippen molar-refractivity contribution in [3.05, 3.63) is 54.2 Å². The van der Waals surface area contributed by atoms with E-state index >= 15 is 0 Å². The van der Waals surface area contributed by atoms with Crippen molar-refractivity contribution in [1.82, 2.24) is 0 Å². The number of thiophene rings is 1. The molecule has 1 unspecified atom stereocenters. The number of nitro groups is 1. The van der Waals surface area contributed by atoms with Gasteiger partial charge in [0.1, 0.15) is 5.69 Å². The summed E-state index contributed by atoms with van der Waals surface area (Å²) in [6.07, 6.45) is 0. The van der Waals surface area contributed by atoms with Crippen LogP contribution in [0.4, 0.5) is 11.4 Å². The third kappa shape index (κ3) is 3.23. The number of rotatable bonds is 4. The van der Waals surface area contributed by atoms with Gasteiger partial charge in [0.05, 0.1) is 19.6 Å². The van der Waals surface area contributed by atoms with E-state index in [2.05, 4.69) is 5.32 Å². The Balaban J connectivity index is 2.30. The second kappa shape index (κ2) is 5.99. The first-order valence-electron chi connectivity index (χ1n) is 5.85. The molecule has 1 aromatic heterocycles. The molecule has 0 saturated carbocycles. The van der Waals surface area contributed by atoms with Gasteiger partial charge in [0.2, 0.25) is 0 Å². The van der Waals surface area contributed by atoms with E-state index in [9.17, 15) is 10.1 Å². The molecule has 1 atom stereocenters. The molecule has 7 heteroatoms. The van der Waals surface area contributed by atoms with Gasteiger partial charge >= 0.3 is 0 Å². The SMILES string of the molecule is Cc1ccc(NC(C)c2cc(Cl)sc2Cl)c([N+](=O)[O-])c1. The maximum Gasteiger partial charge on any atom is 0.292 e. The van der Waals surface area contributed by atoms with E-state index in [1.807, 2.05) is 19.9 Å². The van der Waals surface area contributed by atoms with E-state index in [0.29, 0.717) is 14.4 Å². The minimum Gasteiger partial charge on any atom is -0.373 e. The minimum absolute atomic E-state index is 0.0503. The topological polar surface area (TPSA) is 55.2 Å². The molecule has 2 aromatic rings. The molecule has 2 rings (SSSR count). The monoisotopic (exact) mass is 330 g/mol. The van der Waals surface area contributed by atoms with Crippen molar-refractivity contribution in [2.75, 3.05) is 5.32 Å². The van der Waals surface area contributed by atoms with Crippen LogP contribution >= 0.6 is 34.5 Å². The van der Waals surface area contributed by atoms with Crippen LogP contribution < -0.4 is 5.32 Å². The maximum atomic E-state index is 11.1. The van der Waals surface area contributed by atoms with Crippen LogP contribution in [-0.4, -0.2) is 4.92 Å². The van der Waals surface area contributed by atoms with Crippen LogP contribution in [-0.2, 0) is 0 Å². The number of nitrogens with one attached hydrogen (secondary N) is 1. The average Bonchev–Trinajstić information content (AvgIpc) is 2.70. The lowest BCUT2D eigenvalue weighted by molar-refractivity contribution is -0.384. The van der Waals surface area contributed by atoms with Crippen molar-refractivity contribution in [3.63, 3.8) is 0 Å². The lowest BCUT2D eigenvalue weighted by atomic mass is 10.1. The van der Waals surface area contributed by atoms with Crippen LogP contribution in [0, 0.1) is 17.0 Å². The number of aryl methyl sites for hydroxylation is 1. The van der Waals surface area contributed by atoms with E-state index in [4.69, 9.17) is 23.2 Å². The van der Waals surface area contributed by atoms with Crippen molar-refractivity contribution in [1.29, 1.82) is 0 Å². The fraction of sp³-hybridized carbons (Fsp3) is 0.231. The van der Waals surface area contributed by atoms with Crippen molar-refractivity contribution < 1.29 is 4.92 Å². The lowest BCUT2D eigenvalue weighted by Crippen LogP contribution is -2.08. The van der Waals surface area contributed by atoms with E-state index in [0.717, 1.165) is 11.1 Å². The van der Waals surface area contributed by atoms with Crippen LogP contribution in [0.3, 0.4) is 0 Å². The predicted octanol–water partition coefficient (Wildman–Crippen LogP) is 5.44.